The van der Waals surface area contributed by atoms with Crippen molar-refractivity contribution < 1.29 is 4.79 Å². The molecule has 0 aromatic rings. The second-order valence-electron chi connectivity index (χ2n) is 5.03. The molecule has 0 radical (unpaired) electrons. The Morgan fingerprint density at radius 3 is 2.62 bits per heavy atom. The molecule has 1 fully saturated rings. The van der Waals surface area contributed by atoms with Gasteiger partial charge in [-0.25, -0.2) is 0 Å². The van der Waals surface area contributed by atoms with Crippen LogP contribution < -0.4 is 5.32 Å². The summed E-state index contributed by atoms with van der Waals surface area (Å²) in [5.74, 6) is 0.337. The van der Waals surface area contributed by atoms with Gasteiger partial charge in [0.05, 0.1) is 0 Å². The zero-order chi connectivity index (χ0) is 12.0. The van der Waals surface area contributed by atoms with Gasteiger partial charge in [0.25, 0.3) is 0 Å². The molecule has 0 heterocycles. The number of amides is 1. The quantitative estimate of drug-likeness (QED) is 0.688. The molecule has 1 aliphatic rings. The lowest BCUT2D eigenvalue weighted by Gasteiger charge is -2.22. The van der Waals surface area contributed by atoms with E-state index < -0.39 is 0 Å². The molecule has 16 heavy (non-hydrogen) atoms. The molecule has 1 saturated carbocycles. The van der Waals surface area contributed by atoms with Crippen LogP contribution in [0.4, 0.5) is 0 Å². The van der Waals surface area contributed by atoms with Crippen molar-refractivity contribution in [1.29, 1.82) is 0 Å². The van der Waals surface area contributed by atoms with E-state index in [0.29, 0.717) is 24.4 Å². The molecule has 1 aliphatic carbocycles. The molecular formula is C13H26N2O. The summed E-state index contributed by atoms with van der Waals surface area (Å²) in [7, 11) is 0. The van der Waals surface area contributed by atoms with E-state index in [2.05, 4.69) is 31.0 Å². The number of hydrogen-bond donors (Lipinski definition) is 1. The maximum atomic E-state index is 12.0. The fourth-order valence-electron chi connectivity index (χ4n) is 1.84. The van der Waals surface area contributed by atoms with Crippen LogP contribution in [0.5, 0.6) is 0 Å². The Kier molecular flexibility index (Phi) is 5.81. The minimum absolute atomic E-state index is 0.337. The van der Waals surface area contributed by atoms with E-state index in [1.165, 1.54) is 19.3 Å². The first kappa shape index (κ1) is 13.5. The van der Waals surface area contributed by atoms with Gasteiger partial charge in [0.2, 0.25) is 5.91 Å². The fraction of sp³-hybridized carbons (Fsp3) is 0.923. The molecule has 0 aromatic carbocycles. The molecular weight excluding hydrogens is 200 g/mol. The van der Waals surface area contributed by atoms with Gasteiger partial charge in [-0.15, -0.1) is 0 Å². The van der Waals surface area contributed by atoms with Gasteiger partial charge in [-0.2, -0.15) is 0 Å². The number of carbonyl (C=O) groups excluding carboxylic acids is 1. The Labute approximate surface area is 99.6 Å². The van der Waals surface area contributed by atoms with Crippen molar-refractivity contribution in [2.24, 2.45) is 0 Å². The van der Waals surface area contributed by atoms with Gasteiger partial charge in [-0.1, -0.05) is 27.2 Å². The average Bonchev–Trinajstić information content (AvgIpc) is 3.02. The minimum atomic E-state index is 0.337. The van der Waals surface area contributed by atoms with E-state index in [-0.39, 0.29) is 0 Å². The molecule has 1 rings (SSSR count). The highest BCUT2D eigenvalue weighted by Gasteiger charge is 2.31. The summed E-state index contributed by atoms with van der Waals surface area (Å²) < 4.78 is 0. The van der Waals surface area contributed by atoms with E-state index in [9.17, 15) is 4.79 Å². The van der Waals surface area contributed by atoms with Crippen LogP contribution in [-0.4, -0.2) is 36.0 Å². The van der Waals surface area contributed by atoms with Crippen molar-refractivity contribution in [2.45, 2.75) is 65.0 Å². The molecule has 1 N–H and O–H groups in total. The Hall–Kier alpha value is -0.570. The predicted molar refractivity (Wildman–Crippen MR) is 67.4 cm³/mol. The second kappa shape index (κ2) is 6.89. The highest BCUT2D eigenvalue weighted by atomic mass is 16.2. The van der Waals surface area contributed by atoms with Gasteiger partial charge in [0.1, 0.15) is 0 Å². The van der Waals surface area contributed by atoms with E-state index in [4.69, 9.17) is 0 Å². The molecule has 0 bridgehead atoms. The van der Waals surface area contributed by atoms with Gasteiger partial charge >= 0.3 is 0 Å². The normalized spacial score (nSPS) is 15.5. The molecule has 0 aliphatic heterocycles. The first-order valence-corrected chi connectivity index (χ1v) is 6.68. The van der Waals surface area contributed by atoms with Crippen LogP contribution in [0.3, 0.4) is 0 Å². The first-order valence-electron chi connectivity index (χ1n) is 6.68. The standard InChI is InChI=1S/C13H26N2O/c1-4-5-10-15(12-6-7-12)13(16)8-9-14-11(2)3/h11-12,14H,4-10H2,1-3H3. The zero-order valence-electron chi connectivity index (χ0n) is 11.0. The lowest BCUT2D eigenvalue weighted by atomic mass is 10.2. The molecule has 0 atom stereocenters. The molecule has 0 aromatic heterocycles. The summed E-state index contributed by atoms with van der Waals surface area (Å²) in [6.07, 6.45) is 5.39. The van der Waals surface area contributed by atoms with Crippen LogP contribution in [0.15, 0.2) is 0 Å². The molecule has 3 nitrogen and oxygen atoms in total. The smallest absolute Gasteiger partial charge is 0.224 e. The summed E-state index contributed by atoms with van der Waals surface area (Å²) in [5, 5.41) is 3.30. The summed E-state index contributed by atoms with van der Waals surface area (Å²) in [6.45, 7) is 8.17. The van der Waals surface area contributed by atoms with Crippen molar-refractivity contribution in [3.63, 3.8) is 0 Å². The van der Waals surface area contributed by atoms with Gasteiger partial charge < -0.3 is 10.2 Å². The highest BCUT2D eigenvalue weighted by Crippen LogP contribution is 2.27. The van der Waals surface area contributed by atoms with Crippen LogP contribution in [0.25, 0.3) is 0 Å². The topological polar surface area (TPSA) is 32.3 Å². The van der Waals surface area contributed by atoms with Crippen molar-refractivity contribution in [3.8, 4) is 0 Å². The maximum absolute atomic E-state index is 12.0. The molecule has 0 saturated heterocycles. The SMILES string of the molecule is CCCCN(C(=O)CCNC(C)C)C1CC1. The third-order valence-corrected chi connectivity index (χ3v) is 2.95. The summed E-state index contributed by atoms with van der Waals surface area (Å²) in [4.78, 5) is 14.1. The van der Waals surface area contributed by atoms with Gasteiger partial charge in [-0.05, 0) is 19.3 Å². The molecule has 0 unspecified atom stereocenters. The third kappa shape index (κ3) is 4.97. The monoisotopic (exact) mass is 226 g/mol. The molecule has 3 heteroatoms. The summed E-state index contributed by atoms with van der Waals surface area (Å²) in [5.41, 5.74) is 0. The van der Waals surface area contributed by atoms with E-state index in [0.717, 1.165) is 19.5 Å². The van der Waals surface area contributed by atoms with Crippen molar-refractivity contribution in [2.75, 3.05) is 13.1 Å². The Morgan fingerprint density at radius 2 is 2.12 bits per heavy atom. The van der Waals surface area contributed by atoms with Gasteiger partial charge in [-0.3, -0.25) is 4.79 Å². The van der Waals surface area contributed by atoms with E-state index in [1.807, 2.05) is 0 Å². The zero-order valence-corrected chi connectivity index (χ0v) is 11.0. The largest absolute Gasteiger partial charge is 0.340 e. The molecule has 1 amide bonds. The van der Waals surface area contributed by atoms with Crippen LogP contribution in [-0.2, 0) is 4.79 Å². The Bertz CT molecular complexity index is 212. The predicted octanol–water partition coefficient (Wildman–Crippen LogP) is 2.17. The summed E-state index contributed by atoms with van der Waals surface area (Å²) >= 11 is 0. The molecule has 0 spiro atoms. The number of nitrogens with one attached hydrogen (secondary N) is 1. The van der Waals surface area contributed by atoms with Crippen LogP contribution in [0.1, 0.15) is 52.9 Å². The van der Waals surface area contributed by atoms with Crippen molar-refractivity contribution in [1.82, 2.24) is 10.2 Å². The second-order valence-corrected chi connectivity index (χ2v) is 5.03. The third-order valence-electron chi connectivity index (χ3n) is 2.95. The fourth-order valence-corrected chi connectivity index (χ4v) is 1.84. The Balaban J connectivity index is 2.24. The van der Waals surface area contributed by atoms with E-state index >= 15 is 0 Å². The van der Waals surface area contributed by atoms with Crippen LogP contribution in [0, 0.1) is 0 Å². The lowest BCUT2D eigenvalue weighted by molar-refractivity contribution is -0.131. The van der Waals surface area contributed by atoms with Crippen molar-refractivity contribution >= 4 is 5.91 Å². The number of rotatable bonds is 8. The van der Waals surface area contributed by atoms with E-state index in [1.54, 1.807) is 0 Å². The summed E-state index contributed by atoms with van der Waals surface area (Å²) in [6, 6.07) is 1.04. The lowest BCUT2D eigenvalue weighted by Crippen LogP contribution is -2.36. The van der Waals surface area contributed by atoms with Crippen molar-refractivity contribution in [3.05, 3.63) is 0 Å². The van der Waals surface area contributed by atoms with Gasteiger partial charge in [0, 0.05) is 31.6 Å². The van der Waals surface area contributed by atoms with Gasteiger partial charge in [0.15, 0.2) is 0 Å². The first-order chi connectivity index (χ1) is 7.65. The Morgan fingerprint density at radius 1 is 1.44 bits per heavy atom. The number of carbonyl (C=O) groups is 1. The number of nitrogens with zero attached hydrogens (tertiary/aromatic N) is 1. The highest BCUT2D eigenvalue weighted by molar-refractivity contribution is 5.77. The number of unbranched alkanes of at least 4 members (excludes halogenated alkanes) is 1. The average molecular weight is 226 g/mol. The maximum Gasteiger partial charge on any atom is 0.224 e. The van der Waals surface area contributed by atoms with Crippen LogP contribution in [0.2, 0.25) is 0 Å². The minimum Gasteiger partial charge on any atom is -0.340 e. The molecule has 94 valence electrons. The number of hydrogen-bond acceptors (Lipinski definition) is 2. The van der Waals surface area contributed by atoms with Crippen LogP contribution >= 0.6 is 0 Å².